The maximum absolute atomic E-state index is 12.5. The average Bonchev–Trinajstić information content (AvgIpc) is 3.16. The molecule has 0 unspecified atom stereocenters. The van der Waals surface area contributed by atoms with E-state index in [9.17, 15) is 18.0 Å². The predicted molar refractivity (Wildman–Crippen MR) is 85.0 cm³/mol. The molecular weight excluding hydrogens is 358 g/mol. The number of aromatic nitrogens is 1. The van der Waals surface area contributed by atoms with Gasteiger partial charge < -0.3 is 9.84 Å². The Morgan fingerprint density at radius 3 is 2.88 bits per heavy atom. The number of carboxylic acids is 1. The Labute approximate surface area is 140 Å². The van der Waals surface area contributed by atoms with Crippen molar-refractivity contribution >= 4 is 44.1 Å². The van der Waals surface area contributed by atoms with Gasteiger partial charge >= 0.3 is 12.1 Å². The lowest BCUT2D eigenvalue weighted by Crippen LogP contribution is -2.23. The van der Waals surface area contributed by atoms with Crippen LogP contribution in [0.5, 0.6) is 0 Å². The number of rotatable bonds is 5. The van der Waals surface area contributed by atoms with Gasteiger partial charge in [0, 0.05) is 5.69 Å². The monoisotopic (exact) mass is 369 g/mol. The second-order valence-electron chi connectivity index (χ2n) is 4.70. The molecule has 0 radical (unpaired) electrons. The summed E-state index contributed by atoms with van der Waals surface area (Å²) < 4.78 is 32.0. The first-order valence-corrected chi connectivity index (χ1v) is 8.99. The van der Waals surface area contributed by atoms with Crippen LogP contribution >= 0.6 is 11.3 Å². The number of amides is 1. The van der Waals surface area contributed by atoms with Crippen LogP contribution in [-0.4, -0.2) is 43.7 Å². The first-order valence-electron chi connectivity index (χ1n) is 6.62. The smallest absolute Gasteiger partial charge is 0.414 e. The van der Waals surface area contributed by atoms with Gasteiger partial charge in [-0.2, -0.15) is 0 Å². The van der Waals surface area contributed by atoms with Crippen molar-refractivity contribution in [3.05, 3.63) is 35.5 Å². The van der Waals surface area contributed by atoms with Crippen molar-refractivity contribution < 1.29 is 27.9 Å². The number of nitrogens with one attached hydrogen (secondary N) is 1. The molecule has 0 saturated carbocycles. The van der Waals surface area contributed by atoms with E-state index < -0.39 is 22.1 Å². The lowest BCUT2D eigenvalue weighted by Gasteiger charge is -2.14. The van der Waals surface area contributed by atoms with E-state index >= 15 is 0 Å². The highest BCUT2D eigenvalue weighted by atomic mass is 32.2. The molecule has 11 heteroatoms. The number of carbonyl (C=O) groups excluding carboxylic acids is 1. The lowest BCUT2D eigenvalue weighted by atomic mass is 10.3. The van der Waals surface area contributed by atoms with Gasteiger partial charge in [0.2, 0.25) is 0 Å². The number of sulfonamides is 1. The predicted octanol–water partition coefficient (Wildman–Crippen LogP) is 1.60. The molecule has 24 heavy (non-hydrogen) atoms. The van der Waals surface area contributed by atoms with Crippen molar-refractivity contribution in [1.29, 1.82) is 0 Å². The van der Waals surface area contributed by atoms with E-state index in [0.29, 0.717) is 12.2 Å². The van der Waals surface area contributed by atoms with Crippen LogP contribution in [0.4, 0.5) is 15.5 Å². The lowest BCUT2D eigenvalue weighted by molar-refractivity contribution is 0.0692. The molecular formula is C13H11N3O6S2. The molecule has 1 amide bonds. The van der Waals surface area contributed by atoms with Crippen molar-refractivity contribution in [2.75, 3.05) is 22.8 Å². The minimum absolute atomic E-state index is 0.0894. The molecule has 2 N–H and O–H groups in total. The third-order valence-corrected chi connectivity index (χ3v) is 5.42. The normalized spacial score (nSPS) is 14.5. The summed E-state index contributed by atoms with van der Waals surface area (Å²) in [5, 5.41) is 8.90. The number of thiazole rings is 1. The Balaban J connectivity index is 1.91. The van der Waals surface area contributed by atoms with Crippen molar-refractivity contribution in [2.24, 2.45) is 0 Å². The topological polar surface area (TPSA) is 126 Å². The maximum atomic E-state index is 12.5. The third kappa shape index (κ3) is 3.03. The van der Waals surface area contributed by atoms with Gasteiger partial charge in [0.1, 0.15) is 11.6 Å². The molecule has 3 rings (SSSR count). The number of hydrogen-bond acceptors (Lipinski definition) is 7. The molecule has 0 spiro atoms. The number of anilines is 2. The van der Waals surface area contributed by atoms with E-state index in [0.717, 1.165) is 11.3 Å². The van der Waals surface area contributed by atoms with E-state index in [1.807, 2.05) is 0 Å². The molecule has 2 heterocycles. The SMILES string of the molecule is O=C(O)c1ncsc1NS(=O)(=O)c1cccc(N2CCOC2=O)c1. The van der Waals surface area contributed by atoms with E-state index in [-0.39, 0.29) is 22.2 Å². The molecule has 1 fully saturated rings. The fraction of sp³-hybridized carbons (Fsp3) is 0.154. The second kappa shape index (κ2) is 6.09. The molecule has 1 aliphatic heterocycles. The third-order valence-electron chi connectivity index (χ3n) is 3.20. The highest BCUT2D eigenvalue weighted by molar-refractivity contribution is 7.93. The summed E-state index contributed by atoms with van der Waals surface area (Å²) in [5.74, 6) is -1.33. The van der Waals surface area contributed by atoms with Crippen LogP contribution in [0.2, 0.25) is 0 Å². The molecule has 0 atom stereocenters. The minimum Gasteiger partial charge on any atom is -0.476 e. The number of carboxylic acid groups (broad SMARTS) is 1. The summed E-state index contributed by atoms with van der Waals surface area (Å²) >= 11 is 0.863. The highest BCUT2D eigenvalue weighted by Crippen LogP contribution is 2.26. The van der Waals surface area contributed by atoms with Gasteiger partial charge in [-0.15, -0.1) is 11.3 Å². The van der Waals surface area contributed by atoms with E-state index in [1.54, 1.807) is 6.07 Å². The summed E-state index contributed by atoms with van der Waals surface area (Å²) in [6.07, 6.45) is -0.548. The molecule has 1 aromatic carbocycles. The largest absolute Gasteiger partial charge is 0.476 e. The Kier molecular flexibility index (Phi) is 4.11. The molecule has 1 saturated heterocycles. The van der Waals surface area contributed by atoms with E-state index in [2.05, 4.69) is 9.71 Å². The Bertz CT molecular complexity index is 908. The summed E-state index contributed by atoms with van der Waals surface area (Å²) in [6.45, 7) is 0.560. The number of hydrogen-bond donors (Lipinski definition) is 2. The van der Waals surface area contributed by atoms with E-state index in [4.69, 9.17) is 9.84 Å². The number of nitrogens with zero attached hydrogens (tertiary/aromatic N) is 2. The van der Waals surface area contributed by atoms with Crippen LogP contribution in [-0.2, 0) is 14.8 Å². The molecule has 0 aliphatic carbocycles. The van der Waals surface area contributed by atoms with Crippen LogP contribution < -0.4 is 9.62 Å². The molecule has 2 aromatic rings. The summed E-state index contributed by atoms with van der Waals surface area (Å²) in [6, 6.07) is 5.73. The zero-order valence-corrected chi connectivity index (χ0v) is 13.6. The second-order valence-corrected chi connectivity index (χ2v) is 7.24. The van der Waals surface area contributed by atoms with Gasteiger partial charge in [-0.05, 0) is 18.2 Å². The van der Waals surface area contributed by atoms with Crippen LogP contribution in [0, 0.1) is 0 Å². The van der Waals surface area contributed by atoms with Gasteiger partial charge in [0.05, 0.1) is 17.0 Å². The standard InChI is InChI=1S/C13H11N3O6S2/c17-12(18)10-11(23-7-14-10)15-24(20,21)9-3-1-2-8(6-9)16-4-5-22-13(16)19/h1-3,6-7,15H,4-5H2,(H,17,18). The van der Waals surface area contributed by atoms with Crippen LogP contribution in [0.1, 0.15) is 10.5 Å². The Hall–Kier alpha value is -2.66. The highest BCUT2D eigenvalue weighted by Gasteiger charge is 2.26. The summed E-state index contributed by atoms with van der Waals surface area (Å²) in [7, 11) is -4.03. The van der Waals surface area contributed by atoms with Crippen molar-refractivity contribution in [2.45, 2.75) is 4.90 Å². The molecule has 0 bridgehead atoms. The van der Waals surface area contributed by atoms with E-state index in [1.165, 1.54) is 28.6 Å². The summed E-state index contributed by atoms with van der Waals surface area (Å²) in [5.41, 5.74) is 1.24. The summed E-state index contributed by atoms with van der Waals surface area (Å²) in [4.78, 5) is 27.4. The number of ether oxygens (including phenoxy) is 1. The number of cyclic esters (lactones) is 1. The fourth-order valence-electron chi connectivity index (χ4n) is 2.10. The minimum atomic E-state index is -4.03. The Morgan fingerprint density at radius 1 is 1.42 bits per heavy atom. The van der Waals surface area contributed by atoms with Gasteiger partial charge in [-0.3, -0.25) is 9.62 Å². The maximum Gasteiger partial charge on any atom is 0.414 e. The molecule has 1 aliphatic rings. The molecule has 1 aromatic heterocycles. The van der Waals surface area contributed by atoms with Gasteiger partial charge in [0.25, 0.3) is 10.0 Å². The van der Waals surface area contributed by atoms with Crippen molar-refractivity contribution in [3.63, 3.8) is 0 Å². The number of benzene rings is 1. The zero-order chi connectivity index (χ0) is 17.3. The van der Waals surface area contributed by atoms with Gasteiger partial charge in [-0.1, -0.05) is 6.07 Å². The van der Waals surface area contributed by atoms with Gasteiger partial charge in [0.15, 0.2) is 5.69 Å². The average molecular weight is 369 g/mol. The quantitative estimate of drug-likeness (QED) is 0.819. The van der Waals surface area contributed by atoms with Crippen LogP contribution in [0.15, 0.2) is 34.7 Å². The van der Waals surface area contributed by atoms with Gasteiger partial charge in [-0.25, -0.2) is 23.0 Å². The molecule has 9 nitrogen and oxygen atoms in total. The van der Waals surface area contributed by atoms with Crippen molar-refractivity contribution in [1.82, 2.24) is 4.98 Å². The number of aromatic carboxylic acids is 1. The Morgan fingerprint density at radius 2 is 2.21 bits per heavy atom. The zero-order valence-electron chi connectivity index (χ0n) is 12.0. The van der Waals surface area contributed by atoms with Crippen molar-refractivity contribution in [3.8, 4) is 0 Å². The molecule has 126 valence electrons. The van der Waals surface area contributed by atoms with Crippen LogP contribution in [0.25, 0.3) is 0 Å². The fourth-order valence-corrected chi connectivity index (χ4v) is 4.13. The number of carbonyl (C=O) groups is 2. The van der Waals surface area contributed by atoms with Crippen LogP contribution in [0.3, 0.4) is 0 Å². The first kappa shape index (κ1) is 16.2. The first-order chi connectivity index (χ1) is 11.4.